The average molecular weight is 653 g/mol. The molecule has 0 saturated heterocycles. The topological polar surface area (TPSA) is 48.8 Å². The molecule has 4 heterocycles. The van der Waals surface area contributed by atoms with Crippen LogP contribution < -0.4 is 0 Å². The van der Waals surface area contributed by atoms with Crippen molar-refractivity contribution in [3.63, 3.8) is 0 Å². The Hall–Kier alpha value is -6.98. The summed E-state index contributed by atoms with van der Waals surface area (Å²) in [7, 11) is 0. The van der Waals surface area contributed by atoms with Gasteiger partial charge < -0.3 is 8.98 Å². The minimum absolute atomic E-state index is 0.619. The van der Waals surface area contributed by atoms with Crippen LogP contribution in [0.4, 0.5) is 0 Å². The summed E-state index contributed by atoms with van der Waals surface area (Å²) in [4.78, 5) is 10.6. The highest BCUT2D eigenvalue weighted by Crippen LogP contribution is 2.42. The summed E-state index contributed by atoms with van der Waals surface area (Å²) in [6.07, 6.45) is 0. The molecule has 0 N–H and O–H groups in total. The highest BCUT2D eigenvalue weighted by Gasteiger charge is 2.22. The van der Waals surface area contributed by atoms with Crippen molar-refractivity contribution in [3.05, 3.63) is 170 Å². The lowest BCUT2D eigenvalue weighted by atomic mass is 10.1. The van der Waals surface area contributed by atoms with Gasteiger partial charge in [0.1, 0.15) is 11.2 Å². The zero-order valence-corrected chi connectivity index (χ0v) is 27.4. The number of aromatic nitrogens is 4. The van der Waals surface area contributed by atoms with Crippen molar-refractivity contribution in [1.82, 2.24) is 19.1 Å². The predicted molar refractivity (Wildman–Crippen MR) is 209 cm³/mol. The molecule has 0 atom stereocenters. The van der Waals surface area contributed by atoms with Gasteiger partial charge in [-0.2, -0.15) is 0 Å². The molecule has 0 fully saturated rings. The van der Waals surface area contributed by atoms with Crippen LogP contribution in [0.2, 0.25) is 0 Å². The third-order valence-corrected chi connectivity index (χ3v) is 10.1. The molecule has 4 aromatic heterocycles. The van der Waals surface area contributed by atoms with E-state index in [1.165, 1.54) is 10.8 Å². The largest absolute Gasteiger partial charge is 0.456 e. The molecule has 0 amide bonds. The summed E-state index contributed by atoms with van der Waals surface area (Å²) >= 11 is 0. The summed E-state index contributed by atoms with van der Waals surface area (Å²) in [5.74, 6) is 0.619. The van der Waals surface area contributed by atoms with Crippen molar-refractivity contribution in [2.45, 2.75) is 0 Å². The number of hydrogen-bond donors (Lipinski definition) is 0. The summed E-state index contributed by atoms with van der Waals surface area (Å²) < 4.78 is 11.1. The van der Waals surface area contributed by atoms with Gasteiger partial charge in [-0.1, -0.05) is 115 Å². The molecular formula is C46H28N4O. The van der Waals surface area contributed by atoms with Gasteiger partial charge in [0.15, 0.2) is 0 Å². The van der Waals surface area contributed by atoms with E-state index in [1.54, 1.807) is 0 Å². The Bertz CT molecular complexity index is 3060. The van der Waals surface area contributed by atoms with Crippen molar-refractivity contribution < 1.29 is 4.42 Å². The molecule has 0 aliphatic rings. The maximum atomic E-state index is 6.46. The number of furan rings is 1. The number of fused-ring (bicyclic) bond motifs is 9. The molecule has 238 valence electrons. The van der Waals surface area contributed by atoms with Gasteiger partial charge in [0.25, 0.3) is 0 Å². The minimum atomic E-state index is 0.619. The van der Waals surface area contributed by atoms with Crippen LogP contribution in [0.3, 0.4) is 0 Å². The summed E-state index contributed by atoms with van der Waals surface area (Å²) in [5, 5.41) is 6.70. The zero-order chi connectivity index (χ0) is 33.5. The van der Waals surface area contributed by atoms with E-state index in [0.717, 1.165) is 83.0 Å². The van der Waals surface area contributed by atoms with E-state index in [4.69, 9.17) is 14.4 Å². The predicted octanol–water partition coefficient (Wildman–Crippen LogP) is 11.9. The van der Waals surface area contributed by atoms with Crippen LogP contribution in [0.15, 0.2) is 174 Å². The second-order valence-electron chi connectivity index (χ2n) is 13.0. The fourth-order valence-electron chi connectivity index (χ4n) is 7.81. The van der Waals surface area contributed by atoms with Crippen LogP contribution in [-0.2, 0) is 0 Å². The quantitative estimate of drug-likeness (QED) is 0.190. The molecule has 0 aliphatic carbocycles. The number of benzene rings is 7. The highest BCUT2D eigenvalue weighted by atomic mass is 16.3. The fraction of sp³-hybridized carbons (Fsp3) is 0. The van der Waals surface area contributed by atoms with E-state index >= 15 is 0 Å². The van der Waals surface area contributed by atoms with Gasteiger partial charge in [0.05, 0.1) is 33.5 Å². The molecular weight excluding hydrogens is 625 g/mol. The number of nitrogens with zero attached hydrogens (tertiary/aromatic N) is 4. The van der Waals surface area contributed by atoms with Gasteiger partial charge in [0, 0.05) is 49.1 Å². The smallest absolute Gasteiger partial charge is 0.235 e. The Kier molecular flexibility index (Phi) is 5.89. The molecule has 0 spiro atoms. The lowest BCUT2D eigenvalue weighted by Crippen LogP contribution is -2.04. The van der Waals surface area contributed by atoms with Gasteiger partial charge >= 0.3 is 0 Å². The van der Waals surface area contributed by atoms with E-state index in [9.17, 15) is 0 Å². The van der Waals surface area contributed by atoms with Gasteiger partial charge in [-0.3, -0.25) is 4.57 Å². The van der Waals surface area contributed by atoms with Crippen LogP contribution in [-0.4, -0.2) is 19.1 Å². The first-order chi connectivity index (χ1) is 25.3. The molecule has 11 aromatic rings. The van der Waals surface area contributed by atoms with Gasteiger partial charge in [-0.25, -0.2) is 9.97 Å². The summed E-state index contributed by atoms with van der Waals surface area (Å²) in [5.41, 5.74) is 11.0. The molecule has 51 heavy (non-hydrogen) atoms. The molecule has 0 bridgehead atoms. The van der Waals surface area contributed by atoms with Gasteiger partial charge in [0.2, 0.25) is 5.95 Å². The second-order valence-corrected chi connectivity index (χ2v) is 13.0. The van der Waals surface area contributed by atoms with E-state index in [-0.39, 0.29) is 0 Å². The highest BCUT2D eigenvalue weighted by molar-refractivity contribution is 6.21. The Morgan fingerprint density at radius 1 is 0.353 bits per heavy atom. The molecule has 0 radical (unpaired) electrons. The monoisotopic (exact) mass is 652 g/mol. The SMILES string of the molecule is c1ccc(-c2cc(-c3ccccc3)nc(-n3c4cc5c(cc4c4cc6c(cc43)c3ccccc3n6-c3ccccc3)oc3ccccc35)n2)cc1. The Morgan fingerprint density at radius 3 is 1.55 bits per heavy atom. The first-order valence-electron chi connectivity index (χ1n) is 17.2. The summed E-state index contributed by atoms with van der Waals surface area (Å²) in [6, 6.07) is 59.4. The standard InChI is InChI=1S/C46H28N4O/c1-4-14-29(15-5-1)38-28-39(30-16-6-2-7-17-30)48-46(47-38)50-42-24-34-32-20-10-12-22-40(32)49(31-18-8-3-9-19-31)41(34)25-35(42)36-27-45-37(26-43(36)50)33-21-11-13-23-44(33)51-45/h1-28H. The van der Waals surface area contributed by atoms with Gasteiger partial charge in [-0.05, 0) is 54.6 Å². The van der Waals surface area contributed by atoms with E-state index < -0.39 is 0 Å². The third-order valence-electron chi connectivity index (χ3n) is 10.1. The average Bonchev–Trinajstić information content (AvgIpc) is 3.83. The molecule has 5 heteroatoms. The maximum Gasteiger partial charge on any atom is 0.235 e. The van der Waals surface area contributed by atoms with E-state index in [1.807, 2.05) is 24.3 Å². The maximum absolute atomic E-state index is 6.46. The van der Waals surface area contributed by atoms with Gasteiger partial charge in [-0.15, -0.1) is 0 Å². The van der Waals surface area contributed by atoms with Crippen molar-refractivity contribution in [2.24, 2.45) is 0 Å². The first-order valence-corrected chi connectivity index (χ1v) is 17.2. The second kappa shape index (κ2) is 10.8. The van der Waals surface area contributed by atoms with Crippen molar-refractivity contribution in [2.75, 3.05) is 0 Å². The molecule has 0 unspecified atom stereocenters. The molecule has 0 saturated carbocycles. The fourth-order valence-corrected chi connectivity index (χ4v) is 7.81. The molecule has 0 aliphatic heterocycles. The van der Waals surface area contributed by atoms with E-state index in [2.05, 4.69) is 155 Å². The third kappa shape index (κ3) is 4.22. The molecule has 5 nitrogen and oxygen atoms in total. The van der Waals surface area contributed by atoms with Crippen LogP contribution in [0.1, 0.15) is 0 Å². The number of hydrogen-bond acceptors (Lipinski definition) is 3. The summed E-state index contributed by atoms with van der Waals surface area (Å²) in [6.45, 7) is 0. The Morgan fingerprint density at radius 2 is 0.863 bits per heavy atom. The lowest BCUT2D eigenvalue weighted by molar-refractivity contribution is 0.669. The number of para-hydroxylation sites is 3. The van der Waals surface area contributed by atoms with Crippen LogP contribution in [0, 0.1) is 0 Å². The van der Waals surface area contributed by atoms with Crippen molar-refractivity contribution in [1.29, 1.82) is 0 Å². The normalized spacial score (nSPS) is 11.9. The lowest BCUT2D eigenvalue weighted by Gasteiger charge is -2.12. The number of rotatable bonds is 4. The van der Waals surface area contributed by atoms with Crippen LogP contribution >= 0.6 is 0 Å². The van der Waals surface area contributed by atoms with Crippen molar-refractivity contribution in [3.8, 4) is 34.2 Å². The van der Waals surface area contributed by atoms with Crippen LogP contribution in [0.25, 0.3) is 99.7 Å². The Labute approximate surface area is 292 Å². The zero-order valence-electron chi connectivity index (χ0n) is 27.4. The molecule has 7 aromatic carbocycles. The van der Waals surface area contributed by atoms with E-state index in [0.29, 0.717) is 5.95 Å². The Balaban J connectivity index is 1.31. The first kappa shape index (κ1) is 27.9. The van der Waals surface area contributed by atoms with Crippen molar-refractivity contribution >= 4 is 65.6 Å². The molecule has 11 rings (SSSR count). The van der Waals surface area contributed by atoms with Crippen LogP contribution in [0.5, 0.6) is 0 Å². The minimum Gasteiger partial charge on any atom is -0.456 e.